The molecule has 0 bridgehead atoms. The molecule has 1 aromatic rings. The summed E-state index contributed by atoms with van der Waals surface area (Å²) in [7, 11) is 2.02. The molecule has 0 aliphatic carbocycles. The van der Waals surface area contributed by atoms with Crippen molar-refractivity contribution in [3.05, 3.63) is 30.3 Å². The molecule has 2 N–H and O–H groups in total. The smallest absolute Gasteiger partial charge is 0.248 e. The second-order valence-corrected chi connectivity index (χ2v) is 4.08. The van der Waals surface area contributed by atoms with Gasteiger partial charge in [-0.2, -0.15) is 0 Å². The second kappa shape index (κ2) is 6.91. The van der Waals surface area contributed by atoms with Crippen molar-refractivity contribution in [2.24, 2.45) is 0 Å². The summed E-state index contributed by atoms with van der Waals surface area (Å²) in [5.74, 6) is -0.313. The largest absolute Gasteiger partial charge is 0.384 e. The Bertz CT molecular complexity index is 339. The molecule has 1 aromatic carbocycles. The summed E-state index contributed by atoms with van der Waals surface area (Å²) in [4.78, 5) is 13.2. The van der Waals surface area contributed by atoms with E-state index in [-0.39, 0.29) is 5.91 Å². The fourth-order valence-corrected chi connectivity index (χ4v) is 1.49. The number of carbonyl (C=O) groups is 1. The third-order valence-corrected chi connectivity index (χ3v) is 2.55. The highest BCUT2D eigenvalue weighted by molar-refractivity contribution is 5.79. The molecule has 94 valence electrons. The molecule has 0 spiro atoms. The Morgan fingerprint density at radius 2 is 2.06 bits per heavy atom. The maximum atomic E-state index is 11.1. The average molecular weight is 236 g/mol. The summed E-state index contributed by atoms with van der Waals surface area (Å²) in [5, 5.41) is 11.7. The predicted octanol–water partition coefficient (Wildman–Crippen LogP) is 1.01. The van der Waals surface area contributed by atoms with Crippen molar-refractivity contribution in [2.45, 2.75) is 19.4 Å². The number of rotatable bonds is 6. The Kier molecular flexibility index (Phi) is 5.49. The molecule has 0 heterocycles. The molecule has 0 saturated heterocycles. The van der Waals surface area contributed by atoms with Gasteiger partial charge >= 0.3 is 0 Å². The molecule has 0 radical (unpaired) electrons. The van der Waals surface area contributed by atoms with Crippen LogP contribution in [0.2, 0.25) is 0 Å². The van der Waals surface area contributed by atoms with Crippen LogP contribution in [0, 0.1) is 0 Å². The lowest BCUT2D eigenvalue weighted by molar-refractivity contribution is -0.128. The summed E-state index contributed by atoms with van der Waals surface area (Å²) in [6.45, 7) is 2.91. The van der Waals surface area contributed by atoms with Crippen molar-refractivity contribution in [1.82, 2.24) is 5.32 Å². The molecule has 0 saturated carbocycles. The van der Waals surface area contributed by atoms with Crippen molar-refractivity contribution in [1.29, 1.82) is 0 Å². The molecule has 1 rings (SSSR count). The van der Waals surface area contributed by atoms with Crippen LogP contribution in [0.15, 0.2) is 30.3 Å². The predicted molar refractivity (Wildman–Crippen MR) is 69.0 cm³/mol. The van der Waals surface area contributed by atoms with E-state index in [9.17, 15) is 4.79 Å². The number of amides is 1. The van der Waals surface area contributed by atoms with Crippen LogP contribution in [0.1, 0.15) is 13.3 Å². The number of nitrogens with one attached hydrogen (secondary N) is 1. The fourth-order valence-electron chi connectivity index (χ4n) is 1.49. The topological polar surface area (TPSA) is 52.6 Å². The number of nitrogens with zero attached hydrogens (tertiary/aromatic N) is 1. The maximum absolute atomic E-state index is 11.1. The van der Waals surface area contributed by atoms with Crippen LogP contribution in [0.3, 0.4) is 0 Å². The highest BCUT2D eigenvalue weighted by atomic mass is 16.3. The van der Waals surface area contributed by atoms with Crippen molar-refractivity contribution >= 4 is 11.6 Å². The Balaban J connectivity index is 2.21. The van der Waals surface area contributed by atoms with Crippen LogP contribution < -0.4 is 10.2 Å². The molecule has 0 aromatic heterocycles. The van der Waals surface area contributed by atoms with Crippen molar-refractivity contribution in [3.8, 4) is 0 Å². The van der Waals surface area contributed by atoms with E-state index in [1.807, 2.05) is 37.4 Å². The first-order chi connectivity index (χ1) is 8.11. The summed E-state index contributed by atoms with van der Waals surface area (Å²) in [5.41, 5.74) is 1.16. The van der Waals surface area contributed by atoms with Gasteiger partial charge in [0.15, 0.2) is 0 Å². The van der Waals surface area contributed by atoms with E-state index in [0.29, 0.717) is 6.54 Å². The third-order valence-electron chi connectivity index (χ3n) is 2.55. The summed E-state index contributed by atoms with van der Waals surface area (Å²) in [6, 6.07) is 10.1. The van der Waals surface area contributed by atoms with Crippen molar-refractivity contribution in [3.63, 3.8) is 0 Å². The monoisotopic (exact) mass is 236 g/mol. The molecule has 1 unspecified atom stereocenters. The van der Waals surface area contributed by atoms with Gasteiger partial charge in [-0.05, 0) is 25.5 Å². The van der Waals surface area contributed by atoms with Gasteiger partial charge in [-0.1, -0.05) is 18.2 Å². The van der Waals surface area contributed by atoms with Gasteiger partial charge in [0, 0.05) is 25.8 Å². The first-order valence-corrected chi connectivity index (χ1v) is 5.83. The van der Waals surface area contributed by atoms with Gasteiger partial charge in [-0.15, -0.1) is 0 Å². The van der Waals surface area contributed by atoms with Gasteiger partial charge in [0.05, 0.1) is 0 Å². The lowest BCUT2D eigenvalue weighted by Gasteiger charge is -2.19. The number of hydrogen-bond acceptors (Lipinski definition) is 3. The van der Waals surface area contributed by atoms with Crippen LogP contribution in [0.4, 0.5) is 5.69 Å². The Hall–Kier alpha value is -1.55. The lowest BCUT2D eigenvalue weighted by atomic mass is 10.3. The highest BCUT2D eigenvalue weighted by Crippen LogP contribution is 2.10. The summed E-state index contributed by atoms with van der Waals surface area (Å²) in [6.07, 6.45) is -0.0778. The molecular formula is C13H20N2O2. The van der Waals surface area contributed by atoms with Crippen LogP contribution in [-0.2, 0) is 4.79 Å². The molecule has 17 heavy (non-hydrogen) atoms. The summed E-state index contributed by atoms with van der Waals surface area (Å²) < 4.78 is 0. The number of hydrogen-bond donors (Lipinski definition) is 2. The van der Waals surface area contributed by atoms with E-state index >= 15 is 0 Å². The van der Waals surface area contributed by atoms with Crippen LogP contribution >= 0.6 is 0 Å². The minimum absolute atomic E-state index is 0.313. The third kappa shape index (κ3) is 4.87. The normalized spacial score (nSPS) is 11.9. The lowest BCUT2D eigenvalue weighted by Crippen LogP contribution is -2.34. The molecular weight excluding hydrogens is 216 g/mol. The van der Waals surface area contributed by atoms with E-state index < -0.39 is 6.10 Å². The molecule has 4 nitrogen and oxygen atoms in total. The zero-order valence-electron chi connectivity index (χ0n) is 10.4. The molecule has 4 heteroatoms. The van der Waals surface area contributed by atoms with E-state index in [1.54, 1.807) is 0 Å². The quantitative estimate of drug-likeness (QED) is 0.725. The molecule has 0 aliphatic heterocycles. The van der Waals surface area contributed by atoms with Gasteiger partial charge < -0.3 is 15.3 Å². The van der Waals surface area contributed by atoms with Crippen LogP contribution in [0.25, 0.3) is 0 Å². The van der Waals surface area contributed by atoms with Crippen molar-refractivity contribution < 1.29 is 9.90 Å². The SMILES string of the molecule is CC(O)C(=O)NCCCN(C)c1ccccc1. The zero-order valence-corrected chi connectivity index (χ0v) is 10.4. The van der Waals surface area contributed by atoms with Gasteiger partial charge in [0.1, 0.15) is 6.10 Å². The van der Waals surface area contributed by atoms with Gasteiger partial charge in [-0.25, -0.2) is 0 Å². The molecule has 0 fully saturated rings. The van der Waals surface area contributed by atoms with Gasteiger partial charge in [-0.3, -0.25) is 4.79 Å². The minimum atomic E-state index is -0.929. The standard InChI is InChI=1S/C13H20N2O2/c1-11(16)13(17)14-9-6-10-15(2)12-7-4-3-5-8-12/h3-5,7-8,11,16H,6,9-10H2,1-2H3,(H,14,17). The average Bonchev–Trinajstić information content (AvgIpc) is 2.35. The molecule has 1 amide bonds. The van der Waals surface area contributed by atoms with E-state index in [2.05, 4.69) is 10.2 Å². The maximum Gasteiger partial charge on any atom is 0.248 e. The molecule has 0 aliphatic rings. The van der Waals surface area contributed by atoms with Crippen molar-refractivity contribution in [2.75, 3.05) is 25.0 Å². The van der Waals surface area contributed by atoms with E-state index in [0.717, 1.165) is 18.7 Å². The number of aliphatic hydroxyl groups excluding tert-OH is 1. The molecule has 1 atom stereocenters. The van der Waals surface area contributed by atoms with E-state index in [4.69, 9.17) is 5.11 Å². The first-order valence-electron chi connectivity index (χ1n) is 5.83. The number of para-hydroxylation sites is 1. The summed E-state index contributed by atoms with van der Waals surface area (Å²) >= 11 is 0. The van der Waals surface area contributed by atoms with E-state index in [1.165, 1.54) is 6.92 Å². The van der Waals surface area contributed by atoms with Gasteiger partial charge in [0.2, 0.25) is 5.91 Å². The zero-order chi connectivity index (χ0) is 12.7. The van der Waals surface area contributed by atoms with Gasteiger partial charge in [0.25, 0.3) is 0 Å². The van der Waals surface area contributed by atoms with Crippen LogP contribution in [0.5, 0.6) is 0 Å². The fraction of sp³-hybridized carbons (Fsp3) is 0.462. The Morgan fingerprint density at radius 3 is 2.65 bits per heavy atom. The first kappa shape index (κ1) is 13.5. The number of carbonyl (C=O) groups excluding carboxylic acids is 1. The number of aliphatic hydroxyl groups is 1. The van der Waals surface area contributed by atoms with Crippen LogP contribution in [-0.4, -0.2) is 37.3 Å². The Morgan fingerprint density at radius 1 is 1.41 bits per heavy atom. The number of benzene rings is 1. The minimum Gasteiger partial charge on any atom is -0.384 e. The highest BCUT2D eigenvalue weighted by Gasteiger charge is 2.07. The number of anilines is 1. The second-order valence-electron chi connectivity index (χ2n) is 4.08. The Labute approximate surface area is 102 Å².